The van der Waals surface area contributed by atoms with Gasteiger partial charge in [0.2, 0.25) is 0 Å². The van der Waals surface area contributed by atoms with Crippen molar-refractivity contribution in [2.45, 2.75) is 51.4 Å². The molecule has 0 saturated heterocycles. The highest BCUT2D eigenvalue weighted by atomic mass is 14.9. The molecule has 2 aliphatic rings. The SMILES string of the molecule is C1=C(C2=CCCCCN2)CCCCC1. The summed E-state index contributed by atoms with van der Waals surface area (Å²) in [5.74, 6) is 0. The van der Waals surface area contributed by atoms with Gasteiger partial charge in [-0.1, -0.05) is 18.6 Å². The van der Waals surface area contributed by atoms with Crippen LogP contribution in [0.25, 0.3) is 0 Å². The molecular weight excluding hydrogens is 170 g/mol. The summed E-state index contributed by atoms with van der Waals surface area (Å²) in [4.78, 5) is 0. The van der Waals surface area contributed by atoms with Crippen LogP contribution in [-0.4, -0.2) is 6.54 Å². The molecule has 0 saturated carbocycles. The Bertz CT molecular complexity index is 212. The predicted molar refractivity (Wildman–Crippen MR) is 61.1 cm³/mol. The first-order chi connectivity index (χ1) is 6.97. The number of hydrogen-bond donors (Lipinski definition) is 1. The molecule has 0 amide bonds. The molecule has 2 rings (SSSR count). The fourth-order valence-corrected chi connectivity index (χ4v) is 2.32. The topological polar surface area (TPSA) is 12.0 Å². The third kappa shape index (κ3) is 2.63. The van der Waals surface area contributed by atoms with Crippen LogP contribution in [0.3, 0.4) is 0 Å². The van der Waals surface area contributed by atoms with Gasteiger partial charge in [0.15, 0.2) is 0 Å². The summed E-state index contributed by atoms with van der Waals surface area (Å²) in [7, 11) is 0. The monoisotopic (exact) mass is 191 g/mol. The predicted octanol–water partition coefficient (Wildman–Crippen LogP) is 3.53. The van der Waals surface area contributed by atoms with Gasteiger partial charge in [-0.05, 0) is 50.5 Å². The summed E-state index contributed by atoms with van der Waals surface area (Å²) in [6.45, 7) is 1.17. The summed E-state index contributed by atoms with van der Waals surface area (Å²) in [5.41, 5.74) is 3.04. The van der Waals surface area contributed by atoms with Crippen molar-refractivity contribution in [1.82, 2.24) is 5.32 Å². The Morgan fingerprint density at radius 2 is 1.71 bits per heavy atom. The van der Waals surface area contributed by atoms with Crippen molar-refractivity contribution in [3.05, 3.63) is 23.4 Å². The van der Waals surface area contributed by atoms with E-state index >= 15 is 0 Å². The molecule has 0 aromatic rings. The van der Waals surface area contributed by atoms with Crippen molar-refractivity contribution in [3.63, 3.8) is 0 Å². The number of rotatable bonds is 1. The van der Waals surface area contributed by atoms with Gasteiger partial charge in [-0.3, -0.25) is 0 Å². The van der Waals surface area contributed by atoms with Crippen molar-refractivity contribution >= 4 is 0 Å². The van der Waals surface area contributed by atoms with Gasteiger partial charge in [0.05, 0.1) is 0 Å². The van der Waals surface area contributed by atoms with Crippen LogP contribution >= 0.6 is 0 Å². The molecule has 0 radical (unpaired) electrons. The lowest BCUT2D eigenvalue weighted by molar-refractivity contribution is 0.697. The molecule has 14 heavy (non-hydrogen) atoms. The van der Waals surface area contributed by atoms with Crippen molar-refractivity contribution < 1.29 is 0 Å². The van der Waals surface area contributed by atoms with Crippen LogP contribution in [0.15, 0.2) is 23.4 Å². The molecule has 0 atom stereocenters. The minimum Gasteiger partial charge on any atom is -0.385 e. The standard InChI is InChI=1S/C13H21N/c1-2-5-9-12(8-4-1)13-10-6-3-7-11-14-13/h8,10,14H,1-7,9,11H2. The van der Waals surface area contributed by atoms with Gasteiger partial charge in [-0.2, -0.15) is 0 Å². The van der Waals surface area contributed by atoms with Crippen molar-refractivity contribution in [2.24, 2.45) is 0 Å². The van der Waals surface area contributed by atoms with Gasteiger partial charge in [0, 0.05) is 12.2 Å². The second-order valence-electron chi connectivity index (χ2n) is 4.37. The molecule has 1 aliphatic carbocycles. The van der Waals surface area contributed by atoms with E-state index in [4.69, 9.17) is 0 Å². The van der Waals surface area contributed by atoms with Crippen LogP contribution in [0, 0.1) is 0 Å². The van der Waals surface area contributed by atoms with E-state index in [9.17, 15) is 0 Å². The van der Waals surface area contributed by atoms with E-state index in [0.717, 1.165) is 0 Å². The molecule has 78 valence electrons. The minimum absolute atomic E-state index is 1.17. The molecule has 0 aromatic heterocycles. The van der Waals surface area contributed by atoms with Gasteiger partial charge < -0.3 is 5.32 Å². The van der Waals surface area contributed by atoms with E-state index in [1.165, 1.54) is 63.6 Å². The average Bonchev–Trinajstić information content (AvgIpc) is 2.62. The highest BCUT2D eigenvalue weighted by Crippen LogP contribution is 2.23. The van der Waals surface area contributed by atoms with Gasteiger partial charge in [0.1, 0.15) is 0 Å². The quantitative estimate of drug-likeness (QED) is 0.668. The smallest absolute Gasteiger partial charge is 0.0328 e. The average molecular weight is 191 g/mol. The summed E-state index contributed by atoms with van der Waals surface area (Å²) in [5, 5.41) is 3.57. The fraction of sp³-hybridized carbons (Fsp3) is 0.692. The lowest BCUT2D eigenvalue weighted by Crippen LogP contribution is -2.14. The first kappa shape index (κ1) is 9.82. The molecule has 0 bridgehead atoms. The van der Waals surface area contributed by atoms with Crippen molar-refractivity contribution in [2.75, 3.05) is 6.54 Å². The largest absolute Gasteiger partial charge is 0.385 e. The normalized spacial score (nSPS) is 24.0. The van der Waals surface area contributed by atoms with Crippen LogP contribution in [0.4, 0.5) is 0 Å². The van der Waals surface area contributed by atoms with Crippen LogP contribution in [0.1, 0.15) is 51.4 Å². The molecule has 1 heterocycles. The third-order valence-electron chi connectivity index (χ3n) is 3.18. The fourth-order valence-electron chi connectivity index (χ4n) is 2.32. The molecule has 0 fully saturated rings. The van der Waals surface area contributed by atoms with Crippen molar-refractivity contribution in [3.8, 4) is 0 Å². The zero-order valence-electron chi connectivity index (χ0n) is 9.02. The summed E-state index contributed by atoms with van der Waals surface area (Å²) >= 11 is 0. The van der Waals surface area contributed by atoms with Crippen LogP contribution in [0.5, 0.6) is 0 Å². The molecule has 1 nitrogen and oxygen atoms in total. The molecular formula is C13H21N. The Kier molecular flexibility index (Phi) is 3.67. The summed E-state index contributed by atoms with van der Waals surface area (Å²) < 4.78 is 0. The maximum absolute atomic E-state index is 3.57. The van der Waals surface area contributed by atoms with E-state index < -0.39 is 0 Å². The molecule has 0 aromatic carbocycles. The second kappa shape index (κ2) is 5.23. The lowest BCUT2D eigenvalue weighted by Gasteiger charge is -2.11. The maximum Gasteiger partial charge on any atom is 0.0328 e. The van der Waals surface area contributed by atoms with Gasteiger partial charge in [-0.15, -0.1) is 0 Å². The molecule has 1 aliphatic heterocycles. The van der Waals surface area contributed by atoms with Crippen LogP contribution < -0.4 is 5.32 Å². The zero-order chi connectivity index (χ0) is 9.64. The second-order valence-corrected chi connectivity index (χ2v) is 4.37. The van der Waals surface area contributed by atoms with Crippen LogP contribution in [-0.2, 0) is 0 Å². The lowest BCUT2D eigenvalue weighted by atomic mass is 10.1. The summed E-state index contributed by atoms with van der Waals surface area (Å²) in [6, 6.07) is 0. The minimum atomic E-state index is 1.17. The molecule has 0 unspecified atom stereocenters. The Morgan fingerprint density at radius 1 is 0.857 bits per heavy atom. The number of allylic oxidation sites excluding steroid dienone is 3. The van der Waals surface area contributed by atoms with Gasteiger partial charge in [0.25, 0.3) is 0 Å². The van der Waals surface area contributed by atoms with Crippen LogP contribution in [0.2, 0.25) is 0 Å². The first-order valence-electron chi connectivity index (χ1n) is 6.10. The Hall–Kier alpha value is -0.720. The van der Waals surface area contributed by atoms with Gasteiger partial charge in [-0.25, -0.2) is 0 Å². The summed E-state index contributed by atoms with van der Waals surface area (Å²) in [6.07, 6.45) is 15.6. The highest BCUT2D eigenvalue weighted by Gasteiger charge is 2.08. The van der Waals surface area contributed by atoms with E-state index in [0.29, 0.717) is 0 Å². The van der Waals surface area contributed by atoms with E-state index in [2.05, 4.69) is 17.5 Å². The molecule has 0 spiro atoms. The van der Waals surface area contributed by atoms with E-state index in [1.807, 2.05) is 0 Å². The Morgan fingerprint density at radius 3 is 2.71 bits per heavy atom. The first-order valence-corrected chi connectivity index (χ1v) is 6.10. The third-order valence-corrected chi connectivity index (χ3v) is 3.18. The molecule has 1 heteroatoms. The van der Waals surface area contributed by atoms with Gasteiger partial charge >= 0.3 is 0 Å². The highest BCUT2D eigenvalue weighted by molar-refractivity contribution is 5.30. The molecule has 1 N–H and O–H groups in total. The van der Waals surface area contributed by atoms with E-state index in [1.54, 1.807) is 5.57 Å². The Labute approximate surface area is 87.3 Å². The maximum atomic E-state index is 3.57. The number of nitrogens with one attached hydrogen (secondary N) is 1. The Balaban J connectivity index is 2.03. The number of hydrogen-bond acceptors (Lipinski definition) is 1. The zero-order valence-corrected chi connectivity index (χ0v) is 9.02. The van der Waals surface area contributed by atoms with E-state index in [-0.39, 0.29) is 0 Å². The van der Waals surface area contributed by atoms with Crippen molar-refractivity contribution in [1.29, 1.82) is 0 Å².